The van der Waals surface area contributed by atoms with Crippen LogP contribution in [0.5, 0.6) is 0 Å². The lowest BCUT2D eigenvalue weighted by atomic mass is 9.96. The highest BCUT2D eigenvalue weighted by Crippen LogP contribution is 2.28. The van der Waals surface area contributed by atoms with Gasteiger partial charge in [0.2, 0.25) is 5.91 Å². The number of halogens is 1. The zero-order valence-electron chi connectivity index (χ0n) is 15.6. The van der Waals surface area contributed by atoms with Gasteiger partial charge in [0.1, 0.15) is 0 Å². The first-order valence-corrected chi connectivity index (χ1v) is 11.5. The molecule has 5 heteroatoms. The summed E-state index contributed by atoms with van der Waals surface area (Å²) in [5, 5.41) is 4.81. The van der Waals surface area contributed by atoms with Crippen LogP contribution in [0, 0.1) is 5.92 Å². The van der Waals surface area contributed by atoms with Crippen molar-refractivity contribution < 1.29 is 4.79 Å². The number of carbonyl (C=O) groups excluding carboxylic acids is 1. The van der Waals surface area contributed by atoms with Gasteiger partial charge in [-0.05, 0) is 43.9 Å². The number of hydrogen-bond donors (Lipinski definition) is 1. The molecule has 0 bridgehead atoms. The molecular weight excluding hydrogens is 364 g/mol. The molecule has 1 heterocycles. The number of amides is 1. The molecular formula is C21H31ClN2OS. The molecule has 2 aliphatic rings. The first-order valence-electron chi connectivity index (χ1n) is 10.1. The number of thioether (sulfide) groups is 1. The van der Waals surface area contributed by atoms with Gasteiger partial charge in [-0.2, -0.15) is 11.8 Å². The SMILES string of the molecule is O=C(NCCSC1CCCCC1)C1CCCN(Cc2ccccc2Cl)C1. The second-order valence-corrected chi connectivity index (χ2v) is 9.40. The van der Waals surface area contributed by atoms with Gasteiger partial charge in [0.05, 0.1) is 5.92 Å². The van der Waals surface area contributed by atoms with Gasteiger partial charge in [0.25, 0.3) is 0 Å². The summed E-state index contributed by atoms with van der Waals surface area (Å²) in [4.78, 5) is 14.9. The van der Waals surface area contributed by atoms with E-state index in [9.17, 15) is 4.79 Å². The van der Waals surface area contributed by atoms with Crippen LogP contribution < -0.4 is 5.32 Å². The Morgan fingerprint density at radius 1 is 1.15 bits per heavy atom. The van der Waals surface area contributed by atoms with E-state index in [0.29, 0.717) is 0 Å². The fraction of sp³-hybridized carbons (Fsp3) is 0.667. The van der Waals surface area contributed by atoms with Gasteiger partial charge >= 0.3 is 0 Å². The normalized spacial score (nSPS) is 22.3. The Hall–Kier alpha value is -0.710. The van der Waals surface area contributed by atoms with Crippen LogP contribution in [-0.4, -0.2) is 41.4 Å². The Morgan fingerprint density at radius 2 is 1.96 bits per heavy atom. The molecule has 1 unspecified atom stereocenters. The quantitative estimate of drug-likeness (QED) is 0.678. The van der Waals surface area contributed by atoms with Crippen LogP contribution in [0.15, 0.2) is 24.3 Å². The monoisotopic (exact) mass is 394 g/mol. The van der Waals surface area contributed by atoms with Crippen LogP contribution in [0.25, 0.3) is 0 Å². The van der Waals surface area contributed by atoms with Gasteiger partial charge in [-0.1, -0.05) is 49.1 Å². The summed E-state index contributed by atoms with van der Waals surface area (Å²) >= 11 is 8.33. The average Bonchev–Trinajstić information content (AvgIpc) is 2.68. The van der Waals surface area contributed by atoms with E-state index < -0.39 is 0 Å². The van der Waals surface area contributed by atoms with Crippen molar-refractivity contribution in [3.05, 3.63) is 34.9 Å². The molecule has 0 spiro atoms. The number of likely N-dealkylation sites (tertiary alicyclic amines) is 1. The molecule has 1 aliphatic heterocycles. The molecule has 0 aromatic heterocycles. The van der Waals surface area contributed by atoms with E-state index in [1.54, 1.807) is 0 Å². The van der Waals surface area contributed by atoms with Crippen molar-refractivity contribution in [3.63, 3.8) is 0 Å². The molecule has 1 amide bonds. The van der Waals surface area contributed by atoms with Crippen molar-refractivity contribution in [2.24, 2.45) is 5.92 Å². The van der Waals surface area contributed by atoms with Gasteiger partial charge in [0, 0.05) is 35.7 Å². The van der Waals surface area contributed by atoms with Crippen molar-refractivity contribution >= 4 is 29.3 Å². The molecule has 1 atom stereocenters. The van der Waals surface area contributed by atoms with Crippen LogP contribution in [0.3, 0.4) is 0 Å². The highest BCUT2D eigenvalue weighted by molar-refractivity contribution is 7.99. The highest BCUT2D eigenvalue weighted by Gasteiger charge is 2.26. The minimum atomic E-state index is 0.117. The van der Waals surface area contributed by atoms with Crippen molar-refractivity contribution in [2.45, 2.75) is 56.7 Å². The minimum absolute atomic E-state index is 0.117. The maximum Gasteiger partial charge on any atom is 0.224 e. The molecule has 3 nitrogen and oxygen atoms in total. The van der Waals surface area contributed by atoms with Crippen LogP contribution in [0.1, 0.15) is 50.5 Å². The highest BCUT2D eigenvalue weighted by atomic mass is 35.5. The summed E-state index contributed by atoms with van der Waals surface area (Å²) in [5.41, 5.74) is 1.15. The molecule has 0 radical (unpaired) electrons. The lowest BCUT2D eigenvalue weighted by Crippen LogP contribution is -2.43. The maximum atomic E-state index is 12.5. The Morgan fingerprint density at radius 3 is 2.77 bits per heavy atom. The van der Waals surface area contributed by atoms with Crippen LogP contribution in [0.2, 0.25) is 5.02 Å². The second kappa shape index (κ2) is 10.6. The number of benzene rings is 1. The van der Waals surface area contributed by atoms with Crippen LogP contribution >= 0.6 is 23.4 Å². The number of piperidine rings is 1. The Bertz CT molecular complexity index is 577. The van der Waals surface area contributed by atoms with E-state index in [1.807, 2.05) is 18.2 Å². The fourth-order valence-corrected chi connectivity index (χ4v) is 5.47. The molecule has 1 aliphatic carbocycles. The van der Waals surface area contributed by atoms with Crippen molar-refractivity contribution in [1.82, 2.24) is 10.2 Å². The van der Waals surface area contributed by atoms with Gasteiger partial charge < -0.3 is 5.32 Å². The van der Waals surface area contributed by atoms with Crippen molar-refractivity contribution in [3.8, 4) is 0 Å². The predicted octanol–water partition coefficient (Wildman–Crippen LogP) is 4.73. The first kappa shape index (κ1) is 20.0. The molecule has 1 saturated carbocycles. The van der Waals surface area contributed by atoms with Crippen LogP contribution in [-0.2, 0) is 11.3 Å². The van der Waals surface area contributed by atoms with Crippen molar-refractivity contribution in [2.75, 3.05) is 25.4 Å². The second-order valence-electron chi connectivity index (χ2n) is 7.59. The maximum absolute atomic E-state index is 12.5. The van der Waals surface area contributed by atoms with Gasteiger partial charge in [-0.3, -0.25) is 9.69 Å². The Balaban J connectivity index is 1.38. The van der Waals surface area contributed by atoms with E-state index in [2.05, 4.69) is 28.0 Å². The molecule has 144 valence electrons. The van der Waals surface area contributed by atoms with E-state index in [0.717, 1.165) is 60.6 Å². The zero-order valence-corrected chi connectivity index (χ0v) is 17.2. The molecule has 1 N–H and O–H groups in total. The molecule has 2 fully saturated rings. The fourth-order valence-electron chi connectivity index (χ4n) is 4.06. The third-order valence-electron chi connectivity index (χ3n) is 5.54. The Kier molecular flexibility index (Phi) is 8.15. The third-order valence-corrected chi connectivity index (χ3v) is 7.29. The van der Waals surface area contributed by atoms with E-state index in [1.165, 1.54) is 32.1 Å². The van der Waals surface area contributed by atoms with E-state index in [-0.39, 0.29) is 11.8 Å². The summed E-state index contributed by atoms with van der Waals surface area (Å²) in [6, 6.07) is 8.01. The summed E-state index contributed by atoms with van der Waals surface area (Å²) in [7, 11) is 0. The molecule has 26 heavy (non-hydrogen) atoms. The summed E-state index contributed by atoms with van der Waals surface area (Å²) < 4.78 is 0. The number of hydrogen-bond acceptors (Lipinski definition) is 3. The molecule has 1 saturated heterocycles. The summed E-state index contributed by atoms with van der Waals surface area (Å²) in [6.45, 7) is 3.53. The first-order chi connectivity index (χ1) is 12.7. The lowest BCUT2D eigenvalue weighted by Gasteiger charge is -2.32. The number of nitrogens with one attached hydrogen (secondary N) is 1. The average molecular weight is 395 g/mol. The minimum Gasteiger partial charge on any atom is -0.355 e. The van der Waals surface area contributed by atoms with Gasteiger partial charge in [0.15, 0.2) is 0 Å². The van der Waals surface area contributed by atoms with E-state index in [4.69, 9.17) is 11.6 Å². The number of nitrogens with zero attached hydrogens (tertiary/aromatic N) is 1. The Labute approximate surface area is 167 Å². The number of carbonyl (C=O) groups is 1. The standard InChI is InChI=1S/C21H31ClN2OS/c22-20-11-5-4-7-17(20)15-24-13-6-8-18(16-24)21(25)23-12-14-26-19-9-2-1-3-10-19/h4-5,7,11,18-19H,1-3,6,8-10,12-16H2,(H,23,25). The van der Waals surface area contributed by atoms with Crippen LogP contribution in [0.4, 0.5) is 0 Å². The molecule has 3 rings (SSSR count). The lowest BCUT2D eigenvalue weighted by molar-refractivity contribution is -0.126. The molecule has 1 aromatic rings. The summed E-state index contributed by atoms with van der Waals surface area (Å²) in [5.74, 6) is 1.40. The zero-order chi connectivity index (χ0) is 18.2. The third kappa shape index (κ3) is 6.17. The summed E-state index contributed by atoms with van der Waals surface area (Å²) in [6.07, 6.45) is 8.97. The van der Waals surface area contributed by atoms with E-state index >= 15 is 0 Å². The van der Waals surface area contributed by atoms with Gasteiger partial charge in [-0.25, -0.2) is 0 Å². The number of rotatable bonds is 7. The predicted molar refractivity (Wildman–Crippen MR) is 112 cm³/mol. The topological polar surface area (TPSA) is 32.3 Å². The molecule has 1 aromatic carbocycles. The smallest absolute Gasteiger partial charge is 0.224 e. The van der Waals surface area contributed by atoms with Gasteiger partial charge in [-0.15, -0.1) is 0 Å². The largest absolute Gasteiger partial charge is 0.355 e. The van der Waals surface area contributed by atoms with Crippen molar-refractivity contribution in [1.29, 1.82) is 0 Å².